The number of hydrogen-bond donors (Lipinski definition) is 0. The number of hydrogen-bond acceptors (Lipinski definition) is 4. The first-order valence-electron chi connectivity index (χ1n) is 17.3. The number of fused-ring (bicyclic) bond motifs is 4. The van der Waals surface area contributed by atoms with Gasteiger partial charge in [0.1, 0.15) is 5.65 Å². The summed E-state index contributed by atoms with van der Waals surface area (Å²) in [5, 5.41) is 8.01. The molecule has 0 unspecified atom stereocenters. The predicted molar refractivity (Wildman–Crippen MR) is 193 cm³/mol. The van der Waals surface area contributed by atoms with Crippen molar-refractivity contribution in [3.8, 4) is 0 Å². The van der Waals surface area contributed by atoms with Crippen LogP contribution in [0.2, 0.25) is 0 Å². The molecule has 0 aliphatic carbocycles. The van der Waals surface area contributed by atoms with Crippen molar-refractivity contribution in [2.45, 2.75) is 71.6 Å². The van der Waals surface area contributed by atoms with Crippen molar-refractivity contribution in [1.29, 1.82) is 0 Å². The highest BCUT2D eigenvalue weighted by Crippen LogP contribution is 2.49. The molecule has 1 aliphatic heterocycles. The molecule has 3 heterocycles. The molecule has 0 fully saturated rings. The van der Waals surface area contributed by atoms with Gasteiger partial charge in [0.25, 0.3) is 17.4 Å². The SMILES string of the molecule is CCC(CC)N1C(=O)c2ccc3c4ccc5c(=O)n(C(CC)CC)c6nc7ccc(C(F)(F)F)cc7c7cc(c8ccc(c2c38)C1=O)c4c5c76. The van der Waals surface area contributed by atoms with E-state index >= 15 is 0 Å². The first kappa shape index (κ1) is 30.7. The molecule has 0 spiro atoms. The third-order valence-electron chi connectivity index (χ3n) is 11.3. The van der Waals surface area contributed by atoms with Gasteiger partial charge < -0.3 is 0 Å². The number of aromatic nitrogens is 2. The number of nitrogens with zero attached hydrogens (tertiary/aromatic N) is 3. The summed E-state index contributed by atoms with van der Waals surface area (Å²) in [6, 6.07) is 16.2. The van der Waals surface area contributed by atoms with E-state index in [4.69, 9.17) is 4.98 Å². The molecule has 250 valence electrons. The Hall–Kier alpha value is -5.31. The first-order chi connectivity index (χ1) is 24.0. The molecule has 9 heteroatoms. The first-order valence-corrected chi connectivity index (χ1v) is 17.3. The summed E-state index contributed by atoms with van der Waals surface area (Å²) < 4.78 is 44.1. The Bertz CT molecular complexity index is 2810. The van der Waals surface area contributed by atoms with Gasteiger partial charge in [-0.25, -0.2) is 4.98 Å². The number of carbonyl (C=O) groups is 2. The smallest absolute Gasteiger partial charge is 0.289 e. The number of carbonyl (C=O) groups excluding carboxylic acids is 2. The van der Waals surface area contributed by atoms with Crippen LogP contribution in [-0.4, -0.2) is 32.3 Å². The third kappa shape index (κ3) is 3.75. The fourth-order valence-electron chi connectivity index (χ4n) is 8.85. The minimum absolute atomic E-state index is 0.160. The average molecular weight is 672 g/mol. The molecule has 8 aromatic rings. The Kier molecular flexibility index (Phi) is 6.36. The van der Waals surface area contributed by atoms with E-state index in [1.54, 1.807) is 16.7 Å². The van der Waals surface area contributed by atoms with E-state index in [0.717, 1.165) is 44.5 Å². The molecule has 1 aliphatic rings. The Morgan fingerprint density at radius 3 is 1.72 bits per heavy atom. The molecule has 0 N–H and O–H groups in total. The van der Waals surface area contributed by atoms with Crippen molar-refractivity contribution in [2.75, 3.05) is 0 Å². The van der Waals surface area contributed by atoms with Crippen molar-refractivity contribution in [3.05, 3.63) is 87.7 Å². The van der Waals surface area contributed by atoms with Crippen LogP contribution in [0, 0.1) is 0 Å². The maximum atomic E-state index is 14.5. The topological polar surface area (TPSA) is 72.3 Å². The highest BCUT2D eigenvalue weighted by Gasteiger charge is 2.38. The van der Waals surface area contributed by atoms with Gasteiger partial charge in [0.05, 0.1) is 11.1 Å². The fraction of sp³-hybridized carbons (Fsp3) is 0.268. The summed E-state index contributed by atoms with van der Waals surface area (Å²) in [4.78, 5) is 48.8. The maximum Gasteiger partial charge on any atom is 0.416 e. The van der Waals surface area contributed by atoms with Gasteiger partial charge >= 0.3 is 6.18 Å². The monoisotopic (exact) mass is 671 g/mol. The lowest BCUT2D eigenvalue weighted by molar-refractivity contribution is -0.137. The van der Waals surface area contributed by atoms with Crippen molar-refractivity contribution >= 4 is 87.6 Å². The van der Waals surface area contributed by atoms with Gasteiger partial charge in [0.2, 0.25) is 0 Å². The Morgan fingerprint density at radius 1 is 0.580 bits per heavy atom. The van der Waals surface area contributed by atoms with Gasteiger partial charge in [0, 0.05) is 50.1 Å². The van der Waals surface area contributed by atoms with Gasteiger partial charge in [-0.1, -0.05) is 45.9 Å². The Labute approximate surface area is 283 Å². The molecule has 6 nitrogen and oxygen atoms in total. The summed E-state index contributed by atoms with van der Waals surface area (Å²) in [5.74, 6) is -0.653. The minimum atomic E-state index is -4.57. The van der Waals surface area contributed by atoms with Gasteiger partial charge in [-0.3, -0.25) is 23.9 Å². The molecule has 0 radical (unpaired) electrons. The van der Waals surface area contributed by atoms with Crippen LogP contribution < -0.4 is 5.56 Å². The standard InChI is InChI=1S/C41H32F3N3O3/c1-5-20(6-2)46-37-36-30(28-17-19(41(42,43)44)9-16-31(28)45-37)18-29-24-12-14-26-34-25(39(49)47(40(26)50)21(7-3)8-4)13-10-22(32(24)34)23-11-15-27(38(46)48)35(36)33(23)29/h9-18,20-21H,5-8H2,1-4H3. The maximum absolute atomic E-state index is 14.5. The fourth-order valence-corrected chi connectivity index (χ4v) is 8.85. The summed E-state index contributed by atoms with van der Waals surface area (Å²) in [7, 11) is 0. The number of halogens is 3. The normalized spacial score (nSPS) is 14.3. The molecule has 0 atom stereocenters. The molecule has 50 heavy (non-hydrogen) atoms. The van der Waals surface area contributed by atoms with Crippen LogP contribution in [0.1, 0.15) is 85.7 Å². The van der Waals surface area contributed by atoms with E-state index < -0.39 is 11.7 Å². The van der Waals surface area contributed by atoms with Crippen LogP contribution in [0.15, 0.2) is 65.5 Å². The zero-order valence-corrected chi connectivity index (χ0v) is 28.0. The second kappa shape index (κ2) is 10.4. The third-order valence-corrected chi connectivity index (χ3v) is 11.3. The number of imide groups is 1. The molecule has 6 aromatic carbocycles. The Balaban J connectivity index is 1.52. The van der Waals surface area contributed by atoms with Crippen molar-refractivity contribution < 1.29 is 22.8 Å². The molecule has 2 amide bonds. The van der Waals surface area contributed by atoms with Crippen LogP contribution in [0.3, 0.4) is 0 Å². The number of rotatable bonds is 6. The summed E-state index contributed by atoms with van der Waals surface area (Å²) in [6.45, 7) is 7.96. The second-order valence-electron chi connectivity index (χ2n) is 13.6. The largest absolute Gasteiger partial charge is 0.416 e. The average Bonchev–Trinajstić information content (AvgIpc) is 3.11. The zero-order valence-electron chi connectivity index (χ0n) is 28.0. The number of benzene rings is 6. The lowest BCUT2D eigenvalue weighted by Crippen LogP contribution is -2.46. The lowest BCUT2D eigenvalue weighted by Gasteiger charge is -2.33. The van der Waals surface area contributed by atoms with Gasteiger partial charge in [-0.15, -0.1) is 0 Å². The minimum Gasteiger partial charge on any atom is -0.289 e. The van der Waals surface area contributed by atoms with Gasteiger partial charge in [-0.05, 0) is 106 Å². The van der Waals surface area contributed by atoms with E-state index in [-0.39, 0.29) is 29.5 Å². The quantitative estimate of drug-likeness (QED) is 0.100. The molecule has 0 saturated carbocycles. The zero-order chi connectivity index (χ0) is 35.0. The lowest BCUT2D eigenvalue weighted by atomic mass is 9.82. The molecular weight excluding hydrogens is 639 g/mol. The summed E-state index contributed by atoms with van der Waals surface area (Å²) in [5.41, 5.74) is 0.749. The molecule has 0 saturated heterocycles. The second-order valence-corrected chi connectivity index (χ2v) is 13.6. The Morgan fingerprint density at radius 2 is 1.12 bits per heavy atom. The van der Waals surface area contributed by atoms with E-state index in [9.17, 15) is 27.6 Å². The predicted octanol–water partition coefficient (Wildman–Crippen LogP) is 10.4. The van der Waals surface area contributed by atoms with Crippen LogP contribution in [0.25, 0.3) is 75.8 Å². The summed E-state index contributed by atoms with van der Waals surface area (Å²) in [6.07, 6.45) is -1.93. The molecule has 9 rings (SSSR count). The van der Waals surface area contributed by atoms with Crippen LogP contribution in [-0.2, 0) is 6.18 Å². The number of pyridine rings is 2. The number of amides is 2. The van der Waals surface area contributed by atoms with E-state index in [1.807, 2.05) is 58.0 Å². The van der Waals surface area contributed by atoms with Gasteiger partial charge in [-0.2, -0.15) is 13.2 Å². The molecular formula is C41H32F3N3O3. The highest BCUT2D eigenvalue weighted by molar-refractivity contribution is 6.43. The van der Waals surface area contributed by atoms with Crippen LogP contribution in [0.5, 0.6) is 0 Å². The van der Waals surface area contributed by atoms with Crippen molar-refractivity contribution in [3.63, 3.8) is 0 Å². The molecule has 2 aromatic heterocycles. The number of alkyl halides is 3. The van der Waals surface area contributed by atoms with Crippen LogP contribution in [0.4, 0.5) is 13.2 Å². The van der Waals surface area contributed by atoms with Crippen LogP contribution >= 0.6 is 0 Å². The van der Waals surface area contributed by atoms with E-state index in [2.05, 4.69) is 0 Å². The van der Waals surface area contributed by atoms with E-state index in [0.29, 0.717) is 80.3 Å². The highest BCUT2D eigenvalue weighted by atomic mass is 19.4. The van der Waals surface area contributed by atoms with E-state index in [1.165, 1.54) is 11.0 Å². The van der Waals surface area contributed by atoms with Crippen molar-refractivity contribution in [2.24, 2.45) is 0 Å². The molecule has 0 bridgehead atoms. The van der Waals surface area contributed by atoms with Crippen molar-refractivity contribution in [1.82, 2.24) is 14.5 Å². The summed E-state index contributed by atoms with van der Waals surface area (Å²) >= 11 is 0. The van der Waals surface area contributed by atoms with Gasteiger partial charge in [0.15, 0.2) is 0 Å².